The molecule has 0 aromatic heterocycles. The number of hydrogen-bond donors (Lipinski definition) is 0. The lowest BCUT2D eigenvalue weighted by atomic mass is 9.91. The van der Waals surface area contributed by atoms with Gasteiger partial charge < -0.3 is 9.47 Å². The normalized spacial score (nSPS) is 18.6. The van der Waals surface area contributed by atoms with Crippen molar-refractivity contribution in [3.05, 3.63) is 57.6 Å². The van der Waals surface area contributed by atoms with Crippen LogP contribution < -0.4 is 9.47 Å². The van der Waals surface area contributed by atoms with E-state index in [9.17, 15) is 4.79 Å². The summed E-state index contributed by atoms with van der Waals surface area (Å²) in [4.78, 5) is 12.9. The predicted molar refractivity (Wildman–Crippen MR) is 82.3 cm³/mol. The lowest BCUT2D eigenvalue weighted by Crippen LogP contribution is -2.15. The van der Waals surface area contributed by atoms with Crippen LogP contribution in [0.2, 0.25) is 0 Å². The number of Topliss-reactive ketones (excluding diaryl/α,β-unsaturated/α-hetero) is 1. The highest BCUT2D eigenvalue weighted by molar-refractivity contribution is 9.10. The number of carbonyl (C=O) groups is 1. The van der Waals surface area contributed by atoms with Crippen molar-refractivity contribution >= 4 is 21.7 Å². The first-order chi connectivity index (χ1) is 10.2. The third kappa shape index (κ3) is 2.05. The second-order valence-corrected chi connectivity index (χ2v) is 6.22. The molecule has 2 aromatic carbocycles. The SMILES string of the molecule is O=C(c1cc(Br)cc2c1OCC2)C1COc2ccccc21. The van der Waals surface area contributed by atoms with Crippen LogP contribution in [0.3, 0.4) is 0 Å². The number of carbonyl (C=O) groups excluding carboxylic acids is 1. The van der Waals surface area contributed by atoms with Gasteiger partial charge in [-0.3, -0.25) is 4.79 Å². The molecule has 4 rings (SSSR count). The molecule has 2 aliphatic rings. The summed E-state index contributed by atoms with van der Waals surface area (Å²) >= 11 is 3.49. The van der Waals surface area contributed by atoms with Crippen molar-refractivity contribution in [2.24, 2.45) is 0 Å². The number of para-hydroxylation sites is 1. The molecule has 0 spiro atoms. The maximum Gasteiger partial charge on any atom is 0.177 e. The van der Waals surface area contributed by atoms with Crippen LogP contribution in [-0.2, 0) is 6.42 Å². The van der Waals surface area contributed by atoms with E-state index in [2.05, 4.69) is 15.9 Å². The molecule has 0 N–H and O–H groups in total. The van der Waals surface area contributed by atoms with Crippen molar-refractivity contribution in [1.29, 1.82) is 0 Å². The second-order valence-electron chi connectivity index (χ2n) is 5.31. The zero-order chi connectivity index (χ0) is 14.4. The Morgan fingerprint density at radius 1 is 1.19 bits per heavy atom. The van der Waals surface area contributed by atoms with Gasteiger partial charge in [-0.25, -0.2) is 0 Å². The molecule has 2 heterocycles. The average molecular weight is 345 g/mol. The van der Waals surface area contributed by atoms with Crippen LogP contribution in [0.5, 0.6) is 11.5 Å². The first-order valence-electron chi connectivity index (χ1n) is 6.95. The van der Waals surface area contributed by atoms with Gasteiger partial charge >= 0.3 is 0 Å². The smallest absolute Gasteiger partial charge is 0.177 e. The number of rotatable bonds is 2. The summed E-state index contributed by atoms with van der Waals surface area (Å²) in [5.74, 6) is 1.37. The molecule has 0 fully saturated rings. The average Bonchev–Trinajstić information content (AvgIpc) is 3.11. The highest BCUT2D eigenvalue weighted by atomic mass is 79.9. The van der Waals surface area contributed by atoms with Crippen LogP contribution in [0, 0.1) is 0 Å². The standard InChI is InChI=1S/C17H13BrO3/c18-11-7-10-5-6-20-17(10)13(8-11)16(19)14-9-21-15-4-2-1-3-12(14)15/h1-4,7-8,14H,5-6,9H2. The molecule has 0 saturated carbocycles. The van der Waals surface area contributed by atoms with Crippen LogP contribution in [0.4, 0.5) is 0 Å². The summed E-state index contributed by atoms with van der Waals surface area (Å²) in [5, 5.41) is 0. The number of ketones is 1. The Morgan fingerprint density at radius 3 is 2.95 bits per heavy atom. The number of hydrogen-bond acceptors (Lipinski definition) is 3. The highest BCUT2D eigenvalue weighted by Crippen LogP contribution is 2.40. The summed E-state index contributed by atoms with van der Waals surface area (Å²) < 4.78 is 12.2. The number of ether oxygens (including phenoxy) is 2. The van der Waals surface area contributed by atoms with Crippen LogP contribution in [0.1, 0.15) is 27.4 Å². The number of fused-ring (bicyclic) bond motifs is 2. The molecule has 21 heavy (non-hydrogen) atoms. The van der Waals surface area contributed by atoms with Gasteiger partial charge in [-0.05, 0) is 23.8 Å². The lowest BCUT2D eigenvalue weighted by molar-refractivity contribution is 0.0944. The van der Waals surface area contributed by atoms with Crippen molar-refractivity contribution in [1.82, 2.24) is 0 Å². The van der Waals surface area contributed by atoms with Crippen molar-refractivity contribution in [2.45, 2.75) is 12.3 Å². The Labute approximate surface area is 131 Å². The predicted octanol–water partition coefficient (Wildman–Crippen LogP) is 3.74. The van der Waals surface area contributed by atoms with Crippen molar-refractivity contribution < 1.29 is 14.3 Å². The minimum Gasteiger partial charge on any atom is -0.492 e. The van der Waals surface area contributed by atoms with E-state index in [-0.39, 0.29) is 11.7 Å². The van der Waals surface area contributed by atoms with Gasteiger partial charge in [-0.2, -0.15) is 0 Å². The Morgan fingerprint density at radius 2 is 2.05 bits per heavy atom. The van der Waals surface area contributed by atoms with E-state index in [0.717, 1.165) is 33.5 Å². The van der Waals surface area contributed by atoms with Gasteiger partial charge in [0, 0.05) is 16.5 Å². The van der Waals surface area contributed by atoms with E-state index in [1.807, 2.05) is 36.4 Å². The minimum absolute atomic E-state index is 0.0689. The maximum atomic E-state index is 12.9. The van der Waals surface area contributed by atoms with Crippen molar-refractivity contribution in [3.63, 3.8) is 0 Å². The van der Waals surface area contributed by atoms with Gasteiger partial charge in [0.05, 0.1) is 18.1 Å². The van der Waals surface area contributed by atoms with Crippen LogP contribution in [0.15, 0.2) is 40.9 Å². The quantitative estimate of drug-likeness (QED) is 0.778. The van der Waals surface area contributed by atoms with E-state index in [1.165, 1.54) is 0 Å². The molecular weight excluding hydrogens is 332 g/mol. The molecule has 0 aliphatic carbocycles. The molecule has 0 saturated heterocycles. The van der Waals surface area contributed by atoms with Crippen LogP contribution >= 0.6 is 15.9 Å². The van der Waals surface area contributed by atoms with E-state index in [4.69, 9.17) is 9.47 Å². The summed E-state index contributed by atoms with van der Waals surface area (Å²) in [7, 11) is 0. The summed E-state index contributed by atoms with van der Waals surface area (Å²) in [5.41, 5.74) is 2.72. The molecule has 106 valence electrons. The van der Waals surface area contributed by atoms with Gasteiger partial charge in [-0.15, -0.1) is 0 Å². The fourth-order valence-electron chi connectivity index (χ4n) is 3.02. The van der Waals surface area contributed by atoms with Crippen molar-refractivity contribution in [3.8, 4) is 11.5 Å². The molecule has 2 aliphatic heterocycles. The Balaban J connectivity index is 1.77. The van der Waals surface area contributed by atoms with E-state index >= 15 is 0 Å². The van der Waals surface area contributed by atoms with E-state index < -0.39 is 0 Å². The molecule has 1 atom stereocenters. The zero-order valence-electron chi connectivity index (χ0n) is 11.3. The second kappa shape index (κ2) is 4.88. The first kappa shape index (κ1) is 12.9. The molecular formula is C17H13BrO3. The maximum absolute atomic E-state index is 12.9. The molecule has 3 nitrogen and oxygen atoms in total. The molecule has 0 bridgehead atoms. The molecule has 4 heteroatoms. The minimum atomic E-state index is -0.246. The molecule has 0 amide bonds. The zero-order valence-corrected chi connectivity index (χ0v) is 12.9. The Kier molecular flexibility index (Phi) is 3.00. The highest BCUT2D eigenvalue weighted by Gasteiger charge is 2.33. The molecule has 2 aromatic rings. The summed E-state index contributed by atoms with van der Waals surface area (Å²) in [6.07, 6.45) is 0.854. The molecule has 0 radical (unpaired) electrons. The van der Waals surface area contributed by atoms with Gasteiger partial charge in [0.25, 0.3) is 0 Å². The van der Waals surface area contributed by atoms with E-state index in [1.54, 1.807) is 0 Å². The van der Waals surface area contributed by atoms with Crippen LogP contribution in [0.25, 0.3) is 0 Å². The summed E-state index contributed by atoms with van der Waals surface area (Å²) in [6, 6.07) is 11.6. The van der Waals surface area contributed by atoms with Gasteiger partial charge in [0.2, 0.25) is 0 Å². The lowest BCUT2D eigenvalue weighted by Gasteiger charge is -2.12. The largest absolute Gasteiger partial charge is 0.492 e. The Hall–Kier alpha value is -1.81. The van der Waals surface area contributed by atoms with Gasteiger partial charge in [-0.1, -0.05) is 34.1 Å². The topological polar surface area (TPSA) is 35.5 Å². The van der Waals surface area contributed by atoms with Crippen molar-refractivity contribution in [2.75, 3.05) is 13.2 Å². The molecule has 1 unspecified atom stereocenters. The van der Waals surface area contributed by atoms with Gasteiger partial charge in [0.1, 0.15) is 18.1 Å². The first-order valence-corrected chi connectivity index (χ1v) is 7.74. The van der Waals surface area contributed by atoms with Crippen LogP contribution in [-0.4, -0.2) is 19.0 Å². The number of benzene rings is 2. The fourth-order valence-corrected chi connectivity index (χ4v) is 3.52. The monoisotopic (exact) mass is 344 g/mol. The third-order valence-electron chi connectivity index (χ3n) is 4.03. The van der Waals surface area contributed by atoms with Gasteiger partial charge in [0.15, 0.2) is 5.78 Å². The fraction of sp³-hybridized carbons (Fsp3) is 0.235. The Bertz CT molecular complexity index is 739. The van der Waals surface area contributed by atoms with E-state index in [0.29, 0.717) is 18.8 Å². The third-order valence-corrected chi connectivity index (χ3v) is 4.49. The summed E-state index contributed by atoms with van der Waals surface area (Å²) in [6.45, 7) is 1.04. The number of halogens is 1.